The van der Waals surface area contributed by atoms with Gasteiger partial charge >= 0.3 is 0 Å². The van der Waals surface area contributed by atoms with Crippen LogP contribution in [-0.2, 0) is 6.61 Å². The van der Waals surface area contributed by atoms with Gasteiger partial charge in [-0.15, -0.1) is 0 Å². The van der Waals surface area contributed by atoms with E-state index in [0.29, 0.717) is 22.4 Å². The van der Waals surface area contributed by atoms with E-state index < -0.39 is 0 Å². The third kappa shape index (κ3) is 3.75. The largest absolute Gasteiger partial charge is 0.497 e. The summed E-state index contributed by atoms with van der Waals surface area (Å²) in [4.78, 5) is 4.37. The van der Waals surface area contributed by atoms with E-state index in [4.69, 9.17) is 32.7 Å². The highest BCUT2D eigenvalue weighted by atomic mass is 35.5. The summed E-state index contributed by atoms with van der Waals surface area (Å²) < 4.78 is 10.8. The highest BCUT2D eigenvalue weighted by molar-refractivity contribution is 6.34. The topological polar surface area (TPSA) is 31.4 Å². The number of pyridine rings is 1. The zero-order valence-corrected chi connectivity index (χ0v) is 12.1. The molecule has 0 amide bonds. The predicted molar refractivity (Wildman–Crippen MR) is 76.3 cm³/mol. The Morgan fingerprint density at radius 2 is 1.95 bits per heavy atom. The molecule has 2 rings (SSSR count). The van der Waals surface area contributed by atoms with Crippen LogP contribution in [-0.4, -0.2) is 12.1 Å². The minimum atomic E-state index is 0.304. The van der Waals surface area contributed by atoms with E-state index in [9.17, 15) is 0 Å². The Hall–Kier alpha value is -1.45. The third-order valence-electron chi connectivity index (χ3n) is 2.48. The van der Waals surface area contributed by atoms with Gasteiger partial charge in [0, 0.05) is 28.9 Å². The molecule has 0 saturated carbocycles. The van der Waals surface area contributed by atoms with Crippen molar-refractivity contribution < 1.29 is 9.47 Å². The van der Waals surface area contributed by atoms with E-state index in [1.807, 2.05) is 19.1 Å². The van der Waals surface area contributed by atoms with Crippen molar-refractivity contribution in [3.8, 4) is 11.5 Å². The maximum Gasteiger partial charge on any atom is 0.139 e. The number of halogens is 2. The van der Waals surface area contributed by atoms with Crippen molar-refractivity contribution in [1.29, 1.82) is 0 Å². The van der Waals surface area contributed by atoms with Gasteiger partial charge in [0.2, 0.25) is 0 Å². The molecule has 0 radical (unpaired) electrons. The van der Waals surface area contributed by atoms with Crippen LogP contribution in [0.1, 0.15) is 11.4 Å². The molecular weight excluding hydrogens is 285 g/mol. The lowest BCUT2D eigenvalue weighted by Gasteiger charge is -2.09. The molecule has 2 aromatic rings. The molecule has 0 bridgehead atoms. The van der Waals surface area contributed by atoms with Crippen LogP contribution in [0.25, 0.3) is 0 Å². The molecule has 0 spiro atoms. The molecule has 19 heavy (non-hydrogen) atoms. The summed E-state index contributed by atoms with van der Waals surface area (Å²) in [5.74, 6) is 1.29. The van der Waals surface area contributed by atoms with Crippen molar-refractivity contribution in [3.05, 3.63) is 51.8 Å². The second-order valence-corrected chi connectivity index (χ2v) is 4.85. The van der Waals surface area contributed by atoms with Gasteiger partial charge in [0.1, 0.15) is 18.1 Å². The number of hydrogen-bond acceptors (Lipinski definition) is 3. The summed E-state index contributed by atoms with van der Waals surface area (Å²) in [6.07, 6.45) is 0. The Labute approximate surface area is 122 Å². The molecule has 3 nitrogen and oxygen atoms in total. The number of aromatic nitrogens is 1. The van der Waals surface area contributed by atoms with Gasteiger partial charge in [-0.05, 0) is 19.1 Å². The molecule has 0 aliphatic rings. The van der Waals surface area contributed by atoms with Crippen LogP contribution in [0.2, 0.25) is 10.0 Å². The average molecular weight is 298 g/mol. The lowest BCUT2D eigenvalue weighted by Crippen LogP contribution is -2.01. The molecule has 0 aliphatic carbocycles. The van der Waals surface area contributed by atoms with Crippen molar-refractivity contribution in [3.63, 3.8) is 0 Å². The van der Waals surface area contributed by atoms with Gasteiger partial charge in [-0.25, -0.2) is 0 Å². The molecule has 1 heterocycles. The SMILES string of the molecule is COc1cc(C)nc(COc2cc(Cl)ccc2Cl)c1. The van der Waals surface area contributed by atoms with Crippen molar-refractivity contribution in [2.45, 2.75) is 13.5 Å². The van der Waals surface area contributed by atoms with Crippen LogP contribution in [0, 0.1) is 6.92 Å². The summed E-state index contributed by atoms with van der Waals surface area (Å²) >= 11 is 11.9. The molecule has 0 atom stereocenters. The van der Waals surface area contributed by atoms with E-state index in [-0.39, 0.29) is 0 Å². The molecular formula is C14H13Cl2NO2. The first-order valence-electron chi connectivity index (χ1n) is 5.68. The number of nitrogens with zero attached hydrogens (tertiary/aromatic N) is 1. The molecule has 0 aliphatic heterocycles. The highest BCUT2D eigenvalue weighted by Crippen LogP contribution is 2.28. The smallest absolute Gasteiger partial charge is 0.139 e. The summed E-state index contributed by atoms with van der Waals surface area (Å²) in [7, 11) is 1.62. The molecule has 0 unspecified atom stereocenters. The molecule has 0 saturated heterocycles. The van der Waals surface area contributed by atoms with E-state index in [0.717, 1.165) is 17.1 Å². The highest BCUT2D eigenvalue weighted by Gasteiger charge is 2.05. The second kappa shape index (κ2) is 6.13. The van der Waals surface area contributed by atoms with E-state index in [2.05, 4.69) is 4.98 Å². The lowest BCUT2D eigenvalue weighted by atomic mass is 10.3. The predicted octanol–water partition coefficient (Wildman–Crippen LogP) is 4.28. The summed E-state index contributed by atoms with van der Waals surface area (Å²) in [5, 5.41) is 1.10. The minimum Gasteiger partial charge on any atom is -0.497 e. The van der Waals surface area contributed by atoms with Gasteiger partial charge < -0.3 is 9.47 Å². The molecule has 0 fully saturated rings. The Morgan fingerprint density at radius 1 is 1.16 bits per heavy atom. The Balaban J connectivity index is 2.14. The van der Waals surface area contributed by atoms with Crippen LogP contribution in [0.15, 0.2) is 30.3 Å². The fourth-order valence-corrected chi connectivity index (χ4v) is 1.97. The van der Waals surface area contributed by atoms with Crippen LogP contribution >= 0.6 is 23.2 Å². The third-order valence-corrected chi connectivity index (χ3v) is 3.03. The minimum absolute atomic E-state index is 0.304. The first-order chi connectivity index (χ1) is 9.08. The Morgan fingerprint density at radius 3 is 2.68 bits per heavy atom. The molecule has 1 aromatic heterocycles. The van der Waals surface area contributed by atoms with Crippen LogP contribution in [0.3, 0.4) is 0 Å². The Bertz CT molecular complexity index is 588. The van der Waals surface area contributed by atoms with Gasteiger partial charge in [-0.2, -0.15) is 0 Å². The summed E-state index contributed by atoms with van der Waals surface area (Å²) in [6.45, 7) is 2.20. The van der Waals surface area contributed by atoms with Crippen LogP contribution < -0.4 is 9.47 Å². The second-order valence-electron chi connectivity index (χ2n) is 4.00. The zero-order valence-electron chi connectivity index (χ0n) is 10.6. The Kier molecular flexibility index (Phi) is 4.51. The quantitative estimate of drug-likeness (QED) is 0.844. The maximum absolute atomic E-state index is 6.02. The van der Waals surface area contributed by atoms with Gasteiger partial charge in [0.15, 0.2) is 0 Å². The number of hydrogen-bond donors (Lipinski definition) is 0. The van der Waals surface area contributed by atoms with Gasteiger partial charge in [-0.1, -0.05) is 23.2 Å². The van der Waals surface area contributed by atoms with Crippen molar-refractivity contribution >= 4 is 23.2 Å². The van der Waals surface area contributed by atoms with Crippen molar-refractivity contribution in [1.82, 2.24) is 4.98 Å². The fourth-order valence-electron chi connectivity index (χ4n) is 1.63. The number of ether oxygens (including phenoxy) is 2. The average Bonchev–Trinajstić information content (AvgIpc) is 2.39. The lowest BCUT2D eigenvalue weighted by molar-refractivity contribution is 0.300. The number of rotatable bonds is 4. The van der Waals surface area contributed by atoms with E-state index in [1.54, 1.807) is 25.3 Å². The standard InChI is InChI=1S/C14H13Cl2NO2/c1-9-5-12(18-2)7-11(17-9)8-19-14-6-10(15)3-4-13(14)16/h3-7H,8H2,1-2H3. The summed E-state index contributed by atoms with van der Waals surface area (Å²) in [5.41, 5.74) is 1.64. The van der Waals surface area contributed by atoms with Gasteiger partial charge in [-0.3, -0.25) is 4.98 Å². The fraction of sp³-hybridized carbons (Fsp3) is 0.214. The van der Waals surface area contributed by atoms with Crippen molar-refractivity contribution in [2.75, 3.05) is 7.11 Å². The molecule has 5 heteroatoms. The van der Waals surface area contributed by atoms with Crippen molar-refractivity contribution in [2.24, 2.45) is 0 Å². The first kappa shape index (κ1) is 14.0. The summed E-state index contributed by atoms with van der Waals surface area (Å²) in [6, 6.07) is 8.77. The van der Waals surface area contributed by atoms with E-state index >= 15 is 0 Å². The normalized spacial score (nSPS) is 10.3. The number of methoxy groups -OCH3 is 1. The number of aryl methyl sites for hydroxylation is 1. The van der Waals surface area contributed by atoms with E-state index in [1.165, 1.54) is 0 Å². The molecule has 100 valence electrons. The van der Waals surface area contributed by atoms with Gasteiger partial charge in [0.05, 0.1) is 17.8 Å². The van der Waals surface area contributed by atoms with Gasteiger partial charge in [0.25, 0.3) is 0 Å². The molecule has 0 N–H and O–H groups in total. The van der Waals surface area contributed by atoms with Crippen LogP contribution in [0.5, 0.6) is 11.5 Å². The first-order valence-corrected chi connectivity index (χ1v) is 6.43. The van der Waals surface area contributed by atoms with Crippen LogP contribution in [0.4, 0.5) is 0 Å². The monoisotopic (exact) mass is 297 g/mol. The maximum atomic E-state index is 6.02. The number of benzene rings is 1. The molecule has 1 aromatic carbocycles. The zero-order chi connectivity index (χ0) is 13.8.